The zero-order valence-electron chi connectivity index (χ0n) is 7.83. The SMILES string of the molecule is CC[Si](OC)(OC)OC1CCO1. The lowest BCUT2D eigenvalue weighted by atomic mass is 10.4. The molecular weight excluding hydrogens is 176 g/mol. The maximum atomic E-state index is 5.59. The van der Waals surface area contributed by atoms with Gasteiger partial charge in [0.2, 0.25) is 0 Å². The molecule has 1 fully saturated rings. The van der Waals surface area contributed by atoms with Gasteiger partial charge in [-0.1, -0.05) is 6.92 Å². The van der Waals surface area contributed by atoms with Crippen molar-refractivity contribution in [1.82, 2.24) is 0 Å². The molecule has 0 bridgehead atoms. The van der Waals surface area contributed by atoms with Gasteiger partial charge in [0.05, 0.1) is 6.61 Å². The zero-order chi connectivity index (χ0) is 9.03. The largest absolute Gasteiger partial charge is 0.502 e. The van der Waals surface area contributed by atoms with Gasteiger partial charge in [-0.15, -0.1) is 0 Å². The molecule has 12 heavy (non-hydrogen) atoms. The van der Waals surface area contributed by atoms with Crippen LogP contribution in [0.2, 0.25) is 6.04 Å². The fourth-order valence-electron chi connectivity index (χ4n) is 1.06. The Morgan fingerprint density at radius 2 is 2.00 bits per heavy atom. The van der Waals surface area contributed by atoms with Gasteiger partial charge in [0, 0.05) is 26.7 Å². The van der Waals surface area contributed by atoms with Crippen LogP contribution in [0.3, 0.4) is 0 Å². The highest BCUT2D eigenvalue weighted by Crippen LogP contribution is 2.21. The first-order chi connectivity index (χ1) is 5.76. The van der Waals surface area contributed by atoms with Crippen LogP contribution in [-0.2, 0) is 18.0 Å². The van der Waals surface area contributed by atoms with Crippen LogP contribution in [0.5, 0.6) is 0 Å². The molecule has 1 aliphatic heterocycles. The van der Waals surface area contributed by atoms with E-state index in [0.29, 0.717) is 0 Å². The smallest absolute Gasteiger partial charge is 0.377 e. The molecule has 1 unspecified atom stereocenters. The monoisotopic (exact) mass is 192 g/mol. The number of hydrogen-bond acceptors (Lipinski definition) is 4. The molecule has 0 N–H and O–H groups in total. The fraction of sp³-hybridized carbons (Fsp3) is 1.00. The third-order valence-corrected chi connectivity index (χ3v) is 4.76. The van der Waals surface area contributed by atoms with Gasteiger partial charge >= 0.3 is 8.80 Å². The molecule has 0 aliphatic carbocycles. The summed E-state index contributed by atoms with van der Waals surface area (Å²) in [6.45, 7) is 2.78. The molecule has 0 aromatic heterocycles. The first kappa shape index (κ1) is 10.1. The Labute approximate surface area is 74.1 Å². The molecule has 0 aromatic rings. The second kappa shape index (κ2) is 4.34. The molecule has 0 saturated carbocycles. The van der Waals surface area contributed by atoms with Gasteiger partial charge in [-0.2, -0.15) is 0 Å². The van der Waals surface area contributed by atoms with Crippen molar-refractivity contribution in [3.63, 3.8) is 0 Å². The third kappa shape index (κ3) is 2.05. The van der Waals surface area contributed by atoms with Crippen molar-refractivity contribution in [3.05, 3.63) is 0 Å². The van der Waals surface area contributed by atoms with Gasteiger partial charge in [0.15, 0.2) is 6.29 Å². The van der Waals surface area contributed by atoms with Crippen LogP contribution in [0.15, 0.2) is 0 Å². The topological polar surface area (TPSA) is 36.9 Å². The average Bonchev–Trinajstić information content (AvgIpc) is 2.05. The van der Waals surface area contributed by atoms with Crippen molar-refractivity contribution >= 4 is 8.80 Å². The summed E-state index contributed by atoms with van der Waals surface area (Å²) in [6.07, 6.45) is 0.845. The second-order valence-corrected chi connectivity index (χ2v) is 5.78. The van der Waals surface area contributed by atoms with E-state index < -0.39 is 8.80 Å². The van der Waals surface area contributed by atoms with Crippen molar-refractivity contribution in [3.8, 4) is 0 Å². The van der Waals surface area contributed by atoms with Crippen LogP contribution >= 0.6 is 0 Å². The average molecular weight is 192 g/mol. The second-order valence-electron chi connectivity index (χ2n) is 2.65. The molecule has 5 heteroatoms. The van der Waals surface area contributed by atoms with Crippen LogP contribution < -0.4 is 0 Å². The Hall–Kier alpha value is 0.0569. The van der Waals surface area contributed by atoms with Crippen molar-refractivity contribution < 1.29 is 18.0 Å². The summed E-state index contributed by atoms with van der Waals surface area (Å²) in [7, 11) is 0.871. The zero-order valence-corrected chi connectivity index (χ0v) is 8.83. The molecule has 1 atom stereocenters. The Bertz CT molecular complexity index is 125. The van der Waals surface area contributed by atoms with Crippen LogP contribution in [0, 0.1) is 0 Å². The fourth-order valence-corrected chi connectivity index (χ4v) is 2.75. The van der Waals surface area contributed by atoms with E-state index in [9.17, 15) is 0 Å². The summed E-state index contributed by atoms with van der Waals surface area (Å²) in [6, 6.07) is 0.778. The first-order valence-electron chi connectivity index (χ1n) is 4.16. The lowest BCUT2D eigenvalue weighted by Crippen LogP contribution is -2.49. The van der Waals surface area contributed by atoms with E-state index in [1.807, 2.05) is 6.92 Å². The van der Waals surface area contributed by atoms with Crippen molar-refractivity contribution in [2.45, 2.75) is 25.7 Å². The molecule has 72 valence electrons. The molecule has 0 aromatic carbocycles. The molecule has 4 nitrogen and oxygen atoms in total. The lowest BCUT2D eigenvalue weighted by molar-refractivity contribution is -0.189. The van der Waals surface area contributed by atoms with Gasteiger partial charge in [0.25, 0.3) is 0 Å². The Morgan fingerprint density at radius 3 is 2.25 bits per heavy atom. The van der Waals surface area contributed by atoms with Crippen molar-refractivity contribution in [2.75, 3.05) is 20.8 Å². The molecule has 1 heterocycles. The maximum Gasteiger partial charge on any atom is 0.502 e. The summed E-state index contributed by atoms with van der Waals surface area (Å²) in [5.74, 6) is 0. The van der Waals surface area contributed by atoms with Crippen LogP contribution in [0.4, 0.5) is 0 Å². The highest BCUT2D eigenvalue weighted by molar-refractivity contribution is 6.60. The minimum Gasteiger partial charge on any atom is -0.377 e. The highest BCUT2D eigenvalue weighted by atomic mass is 28.4. The third-order valence-electron chi connectivity index (χ3n) is 2.02. The molecule has 1 rings (SSSR count). The molecule has 0 amide bonds. The standard InChI is InChI=1S/C7H16O4Si/c1-4-12(8-2,9-3)11-7-5-6-10-7/h7H,4-6H2,1-3H3. The van der Waals surface area contributed by atoms with E-state index in [2.05, 4.69) is 0 Å². The van der Waals surface area contributed by atoms with Crippen LogP contribution in [-0.4, -0.2) is 35.9 Å². The van der Waals surface area contributed by atoms with Crippen molar-refractivity contribution in [1.29, 1.82) is 0 Å². The Morgan fingerprint density at radius 1 is 1.42 bits per heavy atom. The quantitative estimate of drug-likeness (QED) is 0.609. The van der Waals surface area contributed by atoms with Gasteiger partial charge in [-0.3, -0.25) is 0 Å². The van der Waals surface area contributed by atoms with E-state index in [1.165, 1.54) is 0 Å². The summed E-state index contributed by atoms with van der Waals surface area (Å²) in [4.78, 5) is 0. The van der Waals surface area contributed by atoms with Gasteiger partial charge in [0.1, 0.15) is 0 Å². The lowest BCUT2D eigenvalue weighted by Gasteiger charge is -2.34. The number of rotatable bonds is 5. The highest BCUT2D eigenvalue weighted by Gasteiger charge is 2.41. The number of hydrogen-bond donors (Lipinski definition) is 0. The summed E-state index contributed by atoms with van der Waals surface area (Å²) < 4.78 is 21.3. The molecule has 0 spiro atoms. The Balaban J connectivity index is 2.39. The minimum atomic E-state index is -2.38. The van der Waals surface area contributed by atoms with E-state index in [4.69, 9.17) is 18.0 Å². The summed E-state index contributed by atoms with van der Waals surface area (Å²) in [5.41, 5.74) is 0. The van der Waals surface area contributed by atoms with E-state index in [1.54, 1.807) is 14.2 Å². The predicted octanol–water partition coefficient (Wildman–Crippen LogP) is 1.00. The first-order valence-corrected chi connectivity index (χ1v) is 6.09. The maximum absolute atomic E-state index is 5.59. The molecule has 0 radical (unpaired) electrons. The van der Waals surface area contributed by atoms with Gasteiger partial charge in [-0.25, -0.2) is 0 Å². The molecule has 1 saturated heterocycles. The van der Waals surface area contributed by atoms with E-state index in [-0.39, 0.29) is 6.29 Å². The van der Waals surface area contributed by atoms with Gasteiger partial charge < -0.3 is 18.0 Å². The Kier molecular flexibility index (Phi) is 3.67. The minimum absolute atomic E-state index is 0.100. The summed E-state index contributed by atoms with van der Waals surface area (Å²) in [5, 5.41) is 0. The normalized spacial score (nSPS) is 23.8. The predicted molar refractivity (Wildman–Crippen MR) is 45.7 cm³/mol. The summed E-state index contributed by atoms with van der Waals surface area (Å²) >= 11 is 0. The van der Waals surface area contributed by atoms with Gasteiger partial charge in [-0.05, 0) is 0 Å². The van der Waals surface area contributed by atoms with E-state index >= 15 is 0 Å². The molecular formula is C7H16O4Si. The van der Waals surface area contributed by atoms with Crippen LogP contribution in [0.1, 0.15) is 13.3 Å². The molecule has 1 aliphatic rings. The number of ether oxygens (including phenoxy) is 1. The van der Waals surface area contributed by atoms with Crippen LogP contribution in [0.25, 0.3) is 0 Å². The van der Waals surface area contributed by atoms with Crippen molar-refractivity contribution in [2.24, 2.45) is 0 Å². The van der Waals surface area contributed by atoms with E-state index in [0.717, 1.165) is 19.1 Å².